The van der Waals surface area contributed by atoms with Crippen molar-refractivity contribution in [3.63, 3.8) is 0 Å². The van der Waals surface area contributed by atoms with Crippen LogP contribution in [0.2, 0.25) is 0 Å². The fourth-order valence-electron chi connectivity index (χ4n) is 3.36. The van der Waals surface area contributed by atoms with Gasteiger partial charge in [-0.2, -0.15) is 0 Å². The smallest absolute Gasteiger partial charge is 0.262 e. The van der Waals surface area contributed by atoms with Crippen LogP contribution in [-0.4, -0.2) is 26.7 Å². The highest BCUT2D eigenvalue weighted by molar-refractivity contribution is 7.90. The van der Waals surface area contributed by atoms with Gasteiger partial charge in [0, 0.05) is 24.7 Å². The molecule has 1 aliphatic heterocycles. The Labute approximate surface area is 190 Å². The third kappa shape index (κ3) is 6.79. The molecule has 2 N–H and O–H groups in total. The van der Waals surface area contributed by atoms with Crippen molar-refractivity contribution in [2.75, 3.05) is 11.9 Å². The van der Waals surface area contributed by atoms with Crippen LogP contribution in [0.25, 0.3) is 6.08 Å². The summed E-state index contributed by atoms with van der Waals surface area (Å²) in [6, 6.07) is 14.3. The first-order valence-corrected chi connectivity index (χ1v) is 12.4. The Kier molecular flexibility index (Phi) is 7.51. The minimum absolute atomic E-state index is 0.0721. The molecule has 1 amide bonds. The highest BCUT2D eigenvalue weighted by Gasteiger charge is 2.18. The molecular weight excluding hydrogens is 422 g/mol. The molecule has 0 bridgehead atoms. The van der Waals surface area contributed by atoms with Crippen LogP contribution < -0.4 is 10.0 Å². The number of carbonyl (C=O) groups excluding carboxylic acids is 1. The van der Waals surface area contributed by atoms with Crippen LogP contribution in [0, 0.1) is 0 Å². The average Bonchev–Trinajstić information content (AvgIpc) is 3.00. The topological polar surface area (TPSA) is 87.6 Å². The first-order valence-electron chi connectivity index (χ1n) is 10.9. The molecule has 7 heteroatoms. The summed E-state index contributed by atoms with van der Waals surface area (Å²) >= 11 is 0. The second-order valence-electron chi connectivity index (χ2n) is 8.97. The lowest BCUT2D eigenvalue weighted by Crippen LogP contribution is -2.30. The number of amides is 1. The second-order valence-corrected chi connectivity index (χ2v) is 10.6. The molecule has 2 aromatic rings. The number of amidine groups is 1. The average molecular weight is 454 g/mol. The van der Waals surface area contributed by atoms with Crippen molar-refractivity contribution in [2.45, 2.75) is 56.8 Å². The maximum Gasteiger partial charge on any atom is 0.262 e. The van der Waals surface area contributed by atoms with E-state index in [0.717, 1.165) is 24.8 Å². The van der Waals surface area contributed by atoms with Gasteiger partial charge in [0.2, 0.25) is 5.91 Å². The number of benzene rings is 2. The van der Waals surface area contributed by atoms with E-state index in [-0.39, 0.29) is 16.2 Å². The van der Waals surface area contributed by atoms with E-state index in [1.165, 1.54) is 23.8 Å². The largest absolute Gasteiger partial charge is 0.322 e. The molecule has 0 saturated heterocycles. The number of hydrogen-bond acceptors (Lipinski definition) is 4. The Morgan fingerprint density at radius 3 is 2.50 bits per heavy atom. The van der Waals surface area contributed by atoms with Crippen LogP contribution in [0.4, 0.5) is 5.69 Å². The monoisotopic (exact) mass is 453 g/mol. The molecule has 170 valence electrons. The molecule has 0 unspecified atom stereocenters. The van der Waals surface area contributed by atoms with Gasteiger partial charge in [0.1, 0.15) is 5.84 Å². The minimum atomic E-state index is -3.76. The number of anilines is 1. The SMILES string of the molecule is CC(C)(C)c1ccc(/C=C/C(=O)Nc2cccc(S(=O)(=O)NC3=NCCCCC3)c2)cc1. The molecule has 1 heterocycles. The van der Waals surface area contributed by atoms with Gasteiger partial charge in [-0.15, -0.1) is 0 Å². The third-order valence-electron chi connectivity index (χ3n) is 5.24. The molecule has 6 nitrogen and oxygen atoms in total. The van der Waals surface area contributed by atoms with E-state index in [1.807, 2.05) is 12.1 Å². The van der Waals surface area contributed by atoms with Crippen molar-refractivity contribution in [1.29, 1.82) is 0 Å². The van der Waals surface area contributed by atoms with Gasteiger partial charge < -0.3 is 5.32 Å². The zero-order valence-corrected chi connectivity index (χ0v) is 19.7. The van der Waals surface area contributed by atoms with Crippen molar-refractivity contribution in [3.05, 3.63) is 65.7 Å². The Hall–Kier alpha value is -2.93. The standard InChI is InChI=1S/C25H31N3O3S/c1-25(2,3)20-14-11-19(12-15-20)13-16-24(29)27-21-8-7-9-22(18-21)32(30,31)28-23-10-5-4-6-17-26-23/h7-9,11-16,18H,4-6,10,17H2,1-3H3,(H,26,28)(H,27,29)/b16-13+. The van der Waals surface area contributed by atoms with Gasteiger partial charge >= 0.3 is 0 Å². The number of hydrogen-bond donors (Lipinski definition) is 2. The van der Waals surface area contributed by atoms with Crippen LogP contribution in [0.1, 0.15) is 57.6 Å². The highest BCUT2D eigenvalue weighted by Crippen LogP contribution is 2.22. The van der Waals surface area contributed by atoms with Gasteiger partial charge in [-0.1, -0.05) is 57.5 Å². The molecule has 3 rings (SSSR count). The lowest BCUT2D eigenvalue weighted by atomic mass is 9.87. The van der Waals surface area contributed by atoms with Gasteiger partial charge in [0.05, 0.1) is 4.90 Å². The minimum Gasteiger partial charge on any atom is -0.322 e. The van der Waals surface area contributed by atoms with Gasteiger partial charge in [-0.05, 0) is 53.7 Å². The first kappa shape index (κ1) is 23.7. The van der Waals surface area contributed by atoms with Crippen LogP contribution >= 0.6 is 0 Å². The summed E-state index contributed by atoms with van der Waals surface area (Å²) in [4.78, 5) is 16.8. The summed E-state index contributed by atoms with van der Waals surface area (Å²) in [7, 11) is -3.76. The Morgan fingerprint density at radius 2 is 1.78 bits per heavy atom. The molecule has 0 atom stereocenters. The number of rotatable bonds is 5. The van der Waals surface area contributed by atoms with Crippen molar-refractivity contribution >= 4 is 33.5 Å². The molecule has 0 aliphatic carbocycles. The second kappa shape index (κ2) is 10.1. The zero-order chi connectivity index (χ0) is 23.2. The van der Waals surface area contributed by atoms with Crippen LogP contribution in [0.3, 0.4) is 0 Å². The maximum atomic E-state index is 12.7. The van der Waals surface area contributed by atoms with Gasteiger partial charge in [0.15, 0.2) is 0 Å². The van der Waals surface area contributed by atoms with E-state index in [1.54, 1.807) is 18.2 Å². The van der Waals surface area contributed by atoms with Gasteiger partial charge in [-0.25, -0.2) is 8.42 Å². The lowest BCUT2D eigenvalue weighted by molar-refractivity contribution is -0.111. The zero-order valence-electron chi connectivity index (χ0n) is 18.9. The number of nitrogens with zero attached hydrogens (tertiary/aromatic N) is 1. The molecule has 0 aromatic heterocycles. The van der Waals surface area contributed by atoms with E-state index in [4.69, 9.17) is 0 Å². The number of aliphatic imine (C=N–C) groups is 1. The normalized spacial score (nSPS) is 15.2. The van der Waals surface area contributed by atoms with Crippen molar-refractivity contribution in [2.24, 2.45) is 4.99 Å². The van der Waals surface area contributed by atoms with E-state index >= 15 is 0 Å². The van der Waals surface area contributed by atoms with Crippen LogP contribution in [0.5, 0.6) is 0 Å². The summed E-state index contributed by atoms with van der Waals surface area (Å²) < 4.78 is 28.1. The highest BCUT2D eigenvalue weighted by atomic mass is 32.2. The summed E-state index contributed by atoms with van der Waals surface area (Å²) in [6.45, 7) is 7.09. The van der Waals surface area contributed by atoms with E-state index in [0.29, 0.717) is 24.5 Å². The first-order chi connectivity index (χ1) is 15.1. The molecule has 0 radical (unpaired) electrons. The summed E-state index contributed by atoms with van der Waals surface area (Å²) in [5.74, 6) is 0.165. The van der Waals surface area contributed by atoms with Crippen LogP contribution in [0.15, 0.2) is 64.5 Å². The molecular formula is C25H31N3O3S. The third-order valence-corrected chi connectivity index (χ3v) is 6.62. The van der Waals surface area contributed by atoms with E-state index < -0.39 is 10.0 Å². The number of sulfonamides is 1. The predicted molar refractivity (Wildman–Crippen MR) is 130 cm³/mol. The summed E-state index contributed by atoms with van der Waals surface area (Å²) in [5, 5.41) is 2.73. The van der Waals surface area contributed by atoms with Gasteiger partial charge in [-0.3, -0.25) is 14.5 Å². The molecule has 32 heavy (non-hydrogen) atoms. The van der Waals surface area contributed by atoms with Crippen molar-refractivity contribution in [3.8, 4) is 0 Å². The lowest BCUT2D eigenvalue weighted by Gasteiger charge is -2.18. The number of carbonyl (C=O) groups is 1. The van der Waals surface area contributed by atoms with Crippen LogP contribution in [-0.2, 0) is 20.2 Å². The molecule has 2 aromatic carbocycles. The quantitative estimate of drug-likeness (QED) is 0.632. The van der Waals surface area contributed by atoms with Gasteiger partial charge in [0.25, 0.3) is 10.0 Å². The fraction of sp³-hybridized carbons (Fsp3) is 0.360. The Bertz CT molecular complexity index is 1110. The van der Waals surface area contributed by atoms with E-state index in [9.17, 15) is 13.2 Å². The molecule has 0 saturated carbocycles. The van der Waals surface area contributed by atoms with Crippen molar-refractivity contribution in [1.82, 2.24) is 4.72 Å². The van der Waals surface area contributed by atoms with E-state index in [2.05, 4.69) is 47.9 Å². The Balaban J connectivity index is 1.65. The fourth-order valence-corrected chi connectivity index (χ4v) is 4.50. The summed E-state index contributed by atoms with van der Waals surface area (Å²) in [5.41, 5.74) is 2.62. The summed E-state index contributed by atoms with van der Waals surface area (Å²) in [6.07, 6.45) is 6.73. The van der Waals surface area contributed by atoms with Crippen molar-refractivity contribution < 1.29 is 13.2 Å². The Morgan fingerprint density at radius 1 is 1.03 bits per heavy atom. The predicted octanol–water partition coefficient (Wildman–Crippen LogP) is 4.89. The molecule has 0 fully saturated rings. The molecule has 1 aliphatic rings. The molecule has 0 spiro atoms. The maximum absolute atomic E-state index is 12.7. The number of nitrogens with one attached hydrogen (secondary N) is 2.